The monoisotopic (exact) mass is 441 g/mol. The van der Waals surface area contributed by atoms with Gasteiger partial charge < -0.3 is 5.32 Å². The molecule has 162 valence electrons. The second kappa shape index (κ2) is 8.24. The highest BCUT2D eigenvalue weighted by Crippen LogP contribution is 2.25. The zero-order chi connectivity index (χ0) is 22.2. The highest BCUT2D eigenvalue weighted by molar-refractivity contribution is 7.89. The molecule has 4 rings (SSSR count). The number of fused-ring (bicyclic) bond motifs is 1. The van der Waals surface area contributed by atoms with Crippen LogP contribution in [0.15, 0.2) is 53.4 Å². The Morgan fingerprint density at radius 2 is 1.52 bits per heavy atom. The number of sulfonamides is 1. The molecule has 1 atom stereocenters. The number of carbonyl (C=O) groups excluding carboxylic acids is 3. The lowest BCUT2D eigenvalue weighted by molar-refractivity contribution is -0.124. The maximum atomic E-state index is 12.6. The fourth-order valence-electron chi connectivity index (χ4n) is 3.87. The van der Waals surface area contributed by atoms with E-state index in [0.717, 1.165) is 17.7 Å². The lowest BCUT2D eigenvalue weighted by Crippen LogP contribution is -2.47. The molecule has 1 N–H and O–H groups in total. The van der Waals surface area contributed by atoms with E-state index in [2.05, 4.69) is 5.32 Å². The van der Waals surface area contributed by atoms with Gasteiger partial charge in [-0.05, 0) is 49.6 Å². The third-order valence-corrected chi connectivity index (χ3v) is 7.60. The average Bonchev–Trinajstić information content (AvgIpc) is 3.40. The Bertz CT molecular complexity index is 1100. The third kappa shape index (κ3) is 3.86. The first kappa shape index (κ1) is 21.2. The molecule has 2 aromatic carbocycles. The van der Waals surface area contributed by atoms with Gasteiger partial charge in [0, 0.05) is 19.6 Å². The highest BCUT2D eigenvalue weighted by atomic mass is 32.2. The summed E-state index contributed by atoms with van der Waals surface area (Å²) in [5.41, 5.74) is 1.30. The predicted molar refractivity (Wildman–Crippen MR) is 113 cm³/mol. The lowest BCUT2D eigenvalue weighted by Gasteiger charge is -2.21. The summed E-state index contributed by atoms with van der Waals surface area (Å²) in [5, 5.41) is 2.71. The van der Waals surface area contributed by atoms with Gasteiger partial charge in [-0.1, -0.05) is 24.3 Å². The number of amides is 3. The van der Waals surface area contributed by atoms with Crippen molar-refractivity contribution in [2.24, 2.45) is 0 Å². The fraction of sp³-hybridized carbons (Fsp3) is 0.318. The van der Waals surface area contributed by atoms with E-state index in [4.69, 9.17) is 0 Å². The molecule has 1 saturated heterocycles. The van der Waals surface area contributed by atoms with Crippen molar-refractivity contribution in [3.63, 3.8) is 0 Å². The van der Waals surface area contributed by atoms with Crippen molar-refractivity contribution in [1.82, 2.24) is 14.5 Å². The standard InChI is InChI=1S/C22H23N3O5S/c1-15(25-21(27)18-6-2-3-7-19(18)22(25)28)20(26)23-14-16-8-10-17(11-9-16)31(29,30)24-12-4-5-13-24/h2-3,6-11,15H,4-5,12-14H2,1H3,(H,23,26). The van der Waals surface area contributed by atoms with Gasteiger partial charge in [-0.25, -0.2) is 8.42 Å². The van der Waals surface area contributed by atoms with Gasteiger partial charge in [0.25, 0.3) is 11.8 Å². The molecule has 2 heterocycles. The summed E-state index contributed by atoms with van der Waals surface area (Å²) in [6, 6.07) is 11.9. The minimum absolute atomic E-state index is 0.149. The first-order chi connectivity index (χ1) is 14.8. The Morgan fingerprint density at radius 3 is 2.06 bits per heavy atom. The Morgan fingerprint density at radius 1 is 0.968 bits per heavy atom. The molecule has 2 aromatic rings. The minimum Gasteiger partial charge on any atom is -0.350 e. The molecule has 0 bridgehead atoms. The van der Waals surface area contributed by atoms with Gasteiger partial charge in [0.05, 0.1) is 16.0 Å². The van der Waals surface area contributed by atoms with Crippen LogP contribution in [0.25, 0.3) is 0 Å². The van der Waals surface area contributed by atoms with Gasteiger partial charge in [-0.15, -0.1) is 0 Å². The van der Waals surface area contributed by atoms with Crippen LogP contribution in [0.5, 0.6) is 0 Å². The van der Waals surface area contributed by atoms with Gasteiger partial charge in [0.1, 0.15) is 6.04 Å². The first-order valence-corrected chi connectivity index (χ1v) is 11.6. The summed E-state index contributed by atoms with van der Waals surface area (Å²) >= 11 is 0. The van der Waals surface area contributed by atoms with Gasteiger partial charge in [-0.3, -0.25) is 19.3 Å². The van der Waals surface area contributed by atoms with E-state index in [0.29, 0.717) is 29.8 Å². The molecule has 1 fully saturated rings. The Hall–Kier alpha value is -3.04. The highest BCUT2D eigenvalue weighted by Gasteiger charge is 2.40. The molecular weight excluding hydrogens is 418 g/mol. The molecular formula is C22H23N3O5S. The van der Waals surface area contributed by atoms with Crippen molar-refractivity contribution in [2.75, 3.05) is 13.1 Å². The van der Waals surface area contributed by atoms with E-state index in [1.165, 1.54) is 23.4 Å². The van der Waals surface area contributed by atoms with E-state index in [1.807, 2.05) is 0 Å². The Labute approximate surface area is 180 Å². The van der Waals surface area contributed by atoms with Crippen LogP contribution < -0.4 is 5.32 Å². The average molecular weight is 442 g/mol. The van der Waals surface area contributed by atoms with Crippen LogP contribution in [0.1, 0.15) is 46.0 Å². The summed E-state index contributed by atoms with van der Waals surface area (Å²) in [7, 11) is -3.49. The fourth-order valence-corrected chi connectivity index (χ4v) is 5.39. The van der Waals surface area contributed by atoms with E-state index in [9.17, 15) is 22.8 Å². The van der Waals surface area contributed by atoms with E-state index in [1.54, 1.807) is 36.4 Å². The Kier molecular flexibility index (Phi) is 5.63. The molecule has 9 heteroatoms. The number of nitrogens with one attached hydrogen (secondary N) is 1. The number of hydrogen-bond acceptors (Lipinski definition) is 5. The number of nitrogens with zero attached hydrogens (tertiary/aromatic N) is 2. The molecule has 8 nitrogen and oxygen atoms in total. The zero-order valence-corrected chi connectivity index (χ0v) is 17.9. The topological polar surface area (TPSA) is 104 Å². The predicted octanol–water partition coefficient (Wildman–Crippen LogP) is 1.77. The maximum absolute atomic E-state index is 12.6. The molecule has 0 spiro atoms. The minimum atomic E-state index is -3.49. The number of carbonyl (C=O) groups is 3. The molecule has 31 heavy (non-hydrogen) atoms. The Balaban J connectivity index is 1.39. The molecule has 2 aliphatic rings. The van der Waals surface area contributed by atoms with Gasteiger partial charge >= 0.3 is 0 Å². The van der Waals surface area contributed by atoms with Crippen molar-refractivity contribution in [3.8, 4) is 0 Å². The number of benzene rings is 2. The van der Waals surface area contributed by atoms with Crippen molar-refractivity contribution in [3.05, 3.63) is 65.2 Å². The normalized spacial score (nSPS) is 17.6. The van der Waals surface area contributed by atoms with Gasteiger partial charge in [-0.2, -0.15) is 4.31 Å². The van der Waals surface area contributed by atoms with Crippen LogP contribution in [0.2, 0.25) is 0 Å². The summed E-state index contributed by atoms with van der Waals surface area (Å²) < 4.78 is 26.7. The third-order valence-electron chi connectivity index (χ3n) is 5.69. The van der Waals surface area contributed by atoms with Crippen LogP contribution in [-0.4, -0.2) is 54.5 Å². The molecule has 3 amide bonds. The van der Waals surface area contributed by atoms with Crippen LogP contribution in [-0.2, 0) is 21.4 Å². The lowest BCUT2D eigenvalue weighted by atomic mass is 10.1. The number of rotatable bonds is 6. The molecule has 0 aromatic heterocycles. The van der Waals surface area contributed by atoms with Crippen molar-refractivity contribution < 1.29 is 22.8 Å². The molecule has 2 aliphatic heterocycles. The summed E-state index contributed by atoms with van der Waals surface area (Å²) in [6.07, 6.45) is 1.74. The van der Waals surface area contributed by atoms with E-state index >= 15 is 0 Å². The largest absolute Gasteiger partial charge is 0.350 e. The quantitative estimate of drug-likeness (QED) is 0.688. The first-order valence-electron chi connectivity index (χ1n) is 10.1. The van der Waals surface area contributed by atoms with Crippen LogP contribution in [0, 0.1) is 0 Å². The summed E-state index contributed by atoms with van der Waals surface area (Å²) in [5.74, 6) is -1.44. The van der Waals surface area contributed by atoms with Crippen LogP contribution in [0.3, 0.4) is 0 Å². The zero-order valence-electron chi connectivity index (χ0n) is 17.1. The summed E-state index contributed by atoms with van der Waals surface area (Å²) in [4.78, 5) is 38.8. The molecule has 0 radical (unpaired) electrons. The van der Waals surface area contributed by atoms with E-state index in [-0.39, 0.29) is 11.4 Å². The molecule has 0 aliphatic carbocycles. The van der Waals surface area contributed by atoms with E-state index < -0.39 is 33.8 Å². The van der Waals surface area contributed by atoms with Crippen LogP contribution >= 0.6 is 0 Å². The van der Waals surface area contributed by atoms with Crippen molar-refractivity contribution in [1.29, 1.82) is 0 Å². The molecule has 0 saturated carbocycles. The summed E-state index contributed by atoms with van der Waals surface area (Å²) in [6.45, 7) is 2.73. The van der Waals surface area contributed by atoms with Gasteiger partial charge in [0.15, 0.2) is 0 Å². The maximum Gasteiger partial charge on any atom is 0.262 e. The van der Waals surface area contributed by atoms with Crippen LogP contribution in [0.4, 0.5) is 0 Å². The second-order valence-electron chi connectivity index (χ2n) is 7.67. The smallest absolute Gasteiger partial charge is 0.262 e. The number of imide groups is 1. The van der Waals surface area contributed by atoms with Crippen molar-refractivity contribution in [2.45, 2.75) is 37.2 Å². The van der Waals surface area contributed by atoms with Crippen molar-refractivity contribution >= 4 is 27.7 Å². The SMILES string of the molecule is CC(C(=O)NCc1ccc(S(=O)(=O)N2CCCC2)cc1)N1C(=O)c2ccccc2C1=O. The van der Waals surface area contributed by atoms with Gasteiger partial charge in [0.2, 0.25) is 15.9 Å². The number of hydrogen-bond donors (Lipinski definition) is 1. The second-order valence-corrected chi connectivity index (χ2v) is 9.61. The molecule has 1 unspecified atom stereocenters.